The van der Waals surface area contributed by atoms with Crippen molar-refractivity contribution in [1.29, 1.82) is 0 Å². The Hall–Kier alpha value is -1.94. The van der Waals surface area contributed by atoms with Crippen LogP contribution in [0.15, 0.2) is 36.7 Å². The van der Waals surface area contributed by atoms with Gasteiger partial charge in [-0.3, -0.25) is 4.98 Å². The minimum atomic E-state index is -0.503. The van der Waals surface area contributed by atoms with E-state index in [4.69, 9.17) is 11.6 Å². The number of carbonyl (C=O) groups is 1. The van der Waals surface area contributed by atoms with Gasteiger partial charge in [-0.1, -0.05) is 11.6 Å². The van der Waals surface area contributed by atoms with Gasteiger partial charge in [-0.25, -0.2) is 9.18 Å². The Morgan fingerprint density at radius 3 is 2.83 bits per heavy atom. The van der Waals surface area contributed by atoms with E-state index < -0.39 is 11.8 Å². The molecule has 5 heteroatoms. The molecule has 0 saturated carbocycles. The van der Waals surface area contributed by atoms with Gasteiger partial charge in [0.1, 0.15) is 5.82 Å². The number of ether oxygens (including phenoxy) is 1. The lowest BCUT2D eigenvalue weighted by Gasteiger charge is -2.06. The van der Waals surface area contributed by atoms with Crippen molar-refractivity contribution in [3.63, 3.8) is 0 Å². The number of esters is 1. The molecule has 0 N–H and O–H groups in total. The van der Waals surface area contributed by atoms with Crippen LogP contribution in [0.25, 0.3) is 11.1 Å². The number of nitrogens with zero attached hydrogens (tertiary/aromatic N) is 1. The smallest absolute Gasteiger partial charge is 0.339 e. The van der Waals surface area contributed by atoms with Crippen molar-refractivity contribution in [3.05, 3.63) is 53.1 Å². The first kappa shape index (κ1) is 12.5. The summed E-state index contributed by atoms with van der Waals surface area (Å²) >= 11 is 5.99. The van der Waals surface area contributed by atoms with Gasteiger partial charge >= 0.3 is 5.97 Å². The highest BCUT2D eigenvalue weighted by atomic mass is 35.5. The first-order valence-corrected chi connectivity index (χ1v) is 5.48. The van der Waals surface area contributed by atoms with Gasteiger partial charge in [0.05, 0.1) is 12.7 Å². The van der Waals surface area contributed by atoms with E-state index in [0.717, 1.165) is 0 Å². The van der Waals surface area contributed by atoms with Crippen LogP contribution in [0.5, 0.6) is 0 Å². The number of pyridine rings is 1. The number of hydrogen-bond acceptors (Lipinski definition) is 3. The summed E-state index contributed by atoms with van der Waals surface area (Å²) in [5, 5.41) is 0.389. The van der Waals surface area contributed by atoms with Gasteiger partial charge in [-0.15, -0.1) is 0 Å². The molecule has 0 amide bonds. The maximum absolute atomic E-state index is 13.2. The fraction of sp³-hybridized carbons (Fsp3) is 0.0769. The van der Waals surface area contributed by atoms with E-state index in [1.165, 1.54) is 37.7 Å². The molecule has 0 unspecified atom stereocenters. The van der Waals surface area contributed by atoms with Gasteiger partial charge in [0.25, 0.3) is 0 Å². The lowest BCUT2D eigenvalue weighted by atomic mass is 10.1. The third-order valence-electron chi connectivity index (χ3n) is 2.40. The highest BCUT2D eigenvalue weighted by Gasteiger charge is 2.10. The van der Waals surface area contributed by atoms with Gasteiger partial charge in [-0.2, -0.15) is 0 Å². The fourth-order valence-corrected chi connectivity index (χ4v) is 1.76. The van der Waals surface area contributed by atoms with Crippen LogP contribution < -0.4 is 0 Å². The molecule has 0 saturated heterocycles. The van der Waals surface area contributed by atoms with Crippen LogP contribution in [0.1, 0.15) is 10.4 Å². The maximum Gasteiger partial charge on any atom is 0.339 e. The molecule has 0 bridgehead atoms. The van der Waals surface area contributed by atoms with Gasteiger partial charge in [-0.05, 0) is 24.3 Å². The molecule has 0 radical (unpaired) electrons. The standard InChI is InChI=1S/C13H9ClFNO2/c1-18-13(17)9-4-8(6-16-7-9)11-5-10(15)2-3-12(11)14/h2-7H,1H3. The minimum Gasteiger partial charge on any atom is -0.465 e. The Kier molecular flexibility index (Phi) is 3.58. The van der Waals surface area contributed by atoms with Crippen molar-refractivity contribution < 1.29 is 13.9 Å². The number of benzene rings is 1. The molecule has 0 atom stereocenters. The van der Waals surface area contributed by atoms with Crippen molar-refractivity contribution >= 4 is 17.6 Å². The van der Waals surface area contributed by atoms with Crippen LogP contribution in [-0.2, 0) is 4.74 Å². The summed E-state index contributed by atoms with van der Waals surface area (Å²) in [4.78, 5) is 15.3. The van der Waals surface area contributed by atoms with E-state index in [1.807, 2.05) is 0 Å². The number of hydrogen-bond donors (Lipinski definition) is 0. The number of halogens is 2. The Morgan fingerprint density at radius 2 is 2.11 bits per heavy atom. The Morgan fingerprint density at radius 1 is 1.33 bits per heavy atom. The second-order valence-corrected chi connectivity index (χ2v) is 3.99. The number of rotatable bonds is 2. The van der Waals surface area contributed by atoms with Crippen molar-refractivity contribution in [2.24, 2.45) is 0 Å². The normalized spacial score (nSPS) is 10.2. The second-order valence-electron chi connectivity index (χ2n) is 3.58. The molecule has 2 aromatic rings. The summed E-state index contributed by atoms with van der Waals surface area (Å²) in [7, 11) is 1.28. The third-order valence-corrected chi connectivity index (χ3v) is 2.73. The molecule has 3 nitrogen and oxygen atoms in total. The highest BCUT2D eigenvalue weighted by molar-refractivity contribution is 6.33. The molecule has 2 rings (SSSR count). The summed E-state index contributed by atoms with van der Waals surface area (Å²) < 4.78 is 17.8. The van der Waals surface area contributed by atoms with Crippen molar-refractivity contribution in [2.75, 3.05) is 7.11 Å². The molecule has 18 heavy (non-hydrogen) atoms. The zero-order valence-electron chi connectivity index (χ0n) is 9.48. The van der Waals surface area contributed by atoms with E-state index in [2.05, 4.69) is 9.72 Å². The van der Waals surface area contributed by atoms with Crippen molar-refractivity contribution in [3.8, 4) is 11.1 Å². The molecule has 0 aliphatic rings. The quantitative estimate of drug-likeness (QED) is 0.782. The lowest BCUT2D eigenvalue weighted by Crippen LogP contribution is -2.01. The van der Waals surface area contributed by atoms with E-state index in [9.17, 15) is 9.18 Å². The van der Waals surface area contributed by atoms with E-state index >= 15 is 0 Å². The van der Waals surface area contributed by atoms with Gasteiger partial charge in [0.15, 0.2) is 0 Å². The minimum absolute atomic E-state index is 0.287. The van der Waals surface area contributed by atoms with Gasteiger partial charge in [0, 0.05) is 28.5 Å². The number of methoxy groups -OCH3 is 1. The highest BCUT2D eigenvalue weighted by Crippen LogP contribution is 2.28. The predicted molar refractivity (Wildman–Crippen MR) is 66.0 cm³/mol. The average Bonchev–Trinajstić information content (AvgIpc) is 2.40. The monoisotopic (exact) mass is 265 g/mol. The van der Waals surface area contributed by atoms with E-state index in [0.29, 0.717) is 16.1 Å². The molecule has 1 aromatic carbocycles. The van der Waals surface area contributed by atoms with Crippen molar-refractivity contribution in [2.45, 2.75) is 0 Å². The Balaban J connectivity index is 2.51. The fourth-order valence-electron chi connectivity index (χ4n) is 1.54. The summed E-state index contributed by atoms with van der Waals surface area (Å²) in [6, 6.07) is 5.57. The topological polar surface area (TPSA) is 39.2 Å². The Bertz CT molecular complexity index is 601. The summed E-state index contributed by atoms with van der Waals surface area (Å²) in [5.74, 6) is -0.908. The first-order chi connectivity index (χ1) is 8.61. The van der Waals surface area contributed by atoms with Crippen LogP contribution in [0.3, 0.4) is 0 Å². The molecule has 0 fully saturated rings. The summed E-state index contributed by atoms with van der Waals surface area (Å²) in [6.07, 6.45) is 2.88. The molecule has 1 heterocycles. The van der Waals surface area contributed by atoms with E-state index in [-0.39, 0.29) is 5.56 Å². The van der Waals surface area contributed by atoms with Crippen LogP contribution >= 0.6 is 11.6 Å². The summed E-state index contributed by atoms with van der Waals surface area (Å²) in [6.45, 7) is 0. The molecule has 0 aliphatic carbocycles. The van der Waals surface area contributed by atoms with E-state index in [1.54, 1.807) is 6.07 Å². The molecule has 1 aromatic heterocycles. The average molecular weight is 266 g/mol. The number of carbonyl (C=O) groups excluding carboxylic acids is 1. The predicted octanol–water partition coefficient (Wildman–Crippen LogP) is 3.33. The zero-order chi connectivity index (χ0) is 13.1. The van der Waals surface area contributed by atoms with Crippen LogP contribution in [0.4, 0.5) is 4.39 Å². The largest absolute Gasteiger partial charge is 0.465 e. The maximum atomic E-state index is 13.2. The van der Waals surface area contributed by atoms with Gasteiger partial charge in [0.2, 0.25) is 0 Å². The molecular weight excluding hydrogens is 257 g/mol. The Labute approximate surface area is 108 Å². The summed E-state index contributed by atoms with van der Waals surface area (Å²) in [5.41, 5.74) is 1.33. The SMILES string of the molecule is COC(=O)c1cncc(-c2cc(F)ccc2Cl)c1. The molecule has 0 aliphatic heterocycles. The van der Waals surface area contributed by atoms with Crippen LogP contribution in [-0.4, -0.2) is 18.1 Å². The molecular formula is C13H9ClFNO2. The first-order valence-electron chi connectivity index (χ1n) is 5.10. The molecule has 92 valence electrons. The molecule has 0 spiro atoms. The van der Waals surface area contributed by atoms with Crippen LogP contribution in [0.2, 0.25) is 5.02 Å². The second kappa shape index (κ2) is 5.14. The van der Waals surface area contributed by atoms with Gasteiger partial charge < -0.3 is 4.74 Å². The number of aromatic nitrogens is 1. The van der Waals surface area contributed by atoms with Crippen LogP contribution in [0, 0.1) is 5.82 Å². The third kappa shape index (κ3) is 2.49. The zero-order valence-corrected chi connectivity index (χ0v) is 10.2. The lowest BCUT2D eigenvalue weighted by molar-refractivity contribution is 0.0600. The van der Waals surface area contributed by atoms with Crippen molar-refractivity contribution in [1.82, 2.24) is 4.98 Å².